The first-order valence-electron chi connectivity index (χ1n) is 4.82. The van der Waals surface area contributed by atoms with E-state index < -0.39 is 0 Å². The van der Waals surface area contributed by atoms with Gasteiger partial charge in [0.25, 0.3) is 0 Å². The SMILES string of the molecule is CN1C(CO)CSC1c1ccccc1. The molecule has 1 aliphatic heterocycles. The number of benzene rings is 1. The molecule has 1 heterocycles. The highest BCUT2D eigenvalue weighted by Gasteiger charge is 2.31. The van der Waals surface area contributed by atoms with Crippen LogP contribution >= 0.6 is 11.8 Å². The fourth-order valence-corrected chi connectivity index (χ4v) is 3.26. The Kier molecular flexibility index (Phi) is 3.11. The molecule has 1 aliphatic rings. The summed E-state index contributed by atoms with van der Waals surface area (Å²) in [4.78, 5) is 2.25. The Morgan fingerprint density at radius 1 is 1.43 bits per heavy atom. The number of thioether (sulfide) groups is 1. The molecule has 2 nitrogen and oxygen atoms in total. The lowest BCUT2D eigenvalue weighted by atomic mass is 10.2. The van der Waals surface area contributed by atoms with Gasteiger partial charge in [-0.1, -0.05) is 30.3 Å². The second-order valence-electron chi connectivity index (χ2n) is 3.60. The quantitative estimate of drug-likeness (QED) is 0.802. The van der Waals surface area contributed by atoms with Gasteiger partial charge in [-0.25, -0.2) is 0 Å². The van der Waals surface area contributed by atoms with E-state index in [9.17, 15) is 0 Å². The number of rotatable bonds is 2. The topological polar surface area (TPSA) is 23.5 Å². The van der Waals surface area contributed by atoms with Crippen LogP contribution in [0.1, 0.15) is 10.9 Å². The molecular formula is C11H15NOS. The summed E-state index contributed by atoms with van der Waals surface area (Å²) in [5.74, 6) is 1.02. The summed E-state index contributed by atoms with van der Waals surface area (Å²) >= 11 is 1.90. The maximum Gasteiger partial charge on any atom is 0.0815 e. The van der Waals surface area contributed by atoms with E-state index in [1.165, 1.54) is 5.56 Å². The smallest absolute Gasteiger partial charge is 0.0815 e. The van der Waals surface area contributed by atoms with Crippen LogP contribution in [-0.2, 0) is 0 Å². The molecule has 2 unspecified atom stereocenters. The van der Waals surface area contributed by atoms with Gasteiger partial charge in [0.2, 0.25) is 0 Å². The molecule has 0 aromatic heterocycles. The molecule has 0 spiro atoms. The minimum atomic E-state index is 0.257. The van der Waals surface area contributed by atoms with Crippen LogP contribution in [-0.4, -0.2) is 35.5 Å². The van der Waals surface area contributed by atoms with Crippen molar-refractivity contribution in [3.05, 3.63) is 35.9 Å². The molecular weight excluding hydrogens is 194 g/mol. The molecule has 1 N–H and O–H groups in total. The van der Waals surface area contributed by atoms with E-state index in [0.717, 1.165) is 5.75 Å². The summed E-state index contributed by atoms with van der Waals surface area (Å²) < 4.78 is 0. The van der Waals surface area contributed by atoms with E-state index >= 15 is 0 Å². The highest BCUT2D eigenvalue weighted by molar-refractivity contribution is 7.99. The molecule has 0 amide bonds. The summed E-state index contributed by atoms with van der Waals surface area (Å²) in [7, 11) is 2.08. The molecule has 0 saturated carbocycles. The van der Waals surface area contributed by atoms with E-state index in [1.54, 1.807) is 0 Å². The van der Waals surface area contributed by atoms with Gasteiger partial charge in [0.15, 0.2) is 0 Å². The zero-order chi connectivity index (χ0) is 9.97. The first-order valence-corrected chi connectivity index (χ1v) is 5.87. The van der Waals surface area contributed by atoms with Crippen LogP contribution < -0.4 is 0 Å². The van der Waals surface area contributed by atoms with Crippen molar-refractivity contribution in [1.29, 1.82) is 0 Å². The molecule has 0 aliphatic carbocycles. The van der Waals surface area contributed by atoms with Gasteiger partial charge in [0.1, 0.15) is 0 Å². The van der Waals surface area contributed by atoms with Crippen molar-refractivity contribution in [2.45, 2.75) is 11.4 Å². The molecule has 1 fully saturated rings. The van der Waals surface area contributed by atoms with Crippen LogP contribution in [0.5, 0.6) is 0 Å². The van der Waals surface area contributed by atoms with Crippen LogP contribution in [0.2, 0.25) is 0 Å². The molecule has 0 radical (unpaired) electrons. The van der Waals surface area contributed by atoms with Gasteiger partial charge in [-0.3, -0.25) is 4.90 Å². The van der Waals surface area contributed by atoms with Crippen molar-refractivity contribution in [3.8, 4) is 0 Å². The minimum absolute atomic E-state index is 0.257. The fourth-order valence-electron chi connectivity index (χ4n) is 1.76. The van der Waals surface area contributed by atoms with Crippen molar-refractivity contribution < 1.29 is 5.11 Å². The van der Waals surface area contributed by atoms with Crippen LogP contribution in [0.3, 0.4) is 0 Å². The summed E-state index contributed by atoms with van der Waals surface area (Å²) in [5.41, 5.74) is 1.33. The normalized spacial score (nSPS) is 28.1. The van der Waals surface area contributed by atoms with Gasteiger partial charge in [-0.05, 0) is 12.6 Å². The molecule has 0 bridgehead atoms. The van der Waals surface area contributed by atoms with Crippen molar-refractivity contribution in [2.75, 3.05) is 19.4 Å². The Morgan fingerprint density at radius 3 is 2.71 bits per heavy atom. The summed E-state index contributed by atoms with van der Waals surface area (Å²) in [5, 5.41) is 9.56. The Balaban J connectivity index is 2.14. The first kappa shape index (κ1) is 10.0. The van der Waals surface area contributed by atoms with E-state index in [0.29, 0.717) is 11.4 Å². The van der Waals surface area contributed by atoms with Crippen LogP contribution in [0, 0.1) is 0 Å². The Morgan fingerprint density at radius 2 is 2.14 bits per heavy atom. The highest BCUT2D eigenvalue weighted by Crippen LogP contribution is 2.39. The minimum Gasteiger partial charge on any atom is -0.395 e. The van der Waals surface area contributed by atoms with Crippen molar-refractivity contribution in [2.24, 2.45) is 0 Å². The first-order chi connectivity index (χ1) is 6.83. The average Bonchev–Trinajstić information content (AvgIpc) is 2.61. The van der Waals surface area contributed by atoms with Gasteiger partial charge in [-0.2, -0.15) is 0 Å². The maximum absolute atomic E-state index is 9.15. The van der Waals surface area contributed by atoms with Crippen molar-refractivity contribution in [1.82, 2.24) is 4.90 Å². The lowest BCUT2D eigenvalue weighted by Gasteiger charge is -2.23. The van der Waals surface area contributed by atoms with Crippen LogP contribution in [0.4, 0.5) is 0 Å². The highest BCUT2D eigenvalue weighted by atomic mass is 32.2. The zero-order valence-electron chi connectivity index (χ0n) is 8.26. The van der Waals surface area contributed by atoms with Gasteiger partial charge in [0, 0.05) is 11.8 Å². The van der Waals surface area contributed by atoms with Gasteiger partial charge >= 0.3 is 0 Å². The van der Waals surface area contributed by atoms with Gasteiger partial charge < -0.3 is 5.11 Å². The van der Waals surface area contributed by atoms with E-state index in [4.69, 9.17) is 5.11 Å². The second kappa shape index (κ2) is 4.34. The Labute approximate surface area is 88.9 Å². The van der Waals surface area contributed by atoms with E-state index in [-0.39, 0.29) is 6.61 Å². The third-order valence-electron chi connectivity index (χ3n) is 2.69. The standard InChI is InChI=1S/C11H15NOS/c1-12-10(7-13)8-14-11(12)9-5-3-2-4-6-9/h2-6,10-11,13H,7-8H2,1H3. The zero-order valence-corrected chi connectivity index (χ0v) is 9.07. The third-order valence-corrected chi connectivity index (χ3v) is 4.19. The van der Waals surface area contributed by atoms with Crippen molar-refractivity contribution >= 4 is 11.8 Å². The number of hydrogen-bond donors (Lipinski definition) is 1. The molecule has 76 valence electrons. The Hall–Kier alpha value is -0.510. The second-order valence-corrected chi connectivity index (χ2v) is 4.71. The lowest BCUT2D eigenvalue weighted by molar-refractivity contribution is 0.165. The Bertz CT molecular complexity index is 291. The fraction of sp³-hybridized carbons (Fsp3) is 0.455. The van der Waals surface area contributed by atoms with Gasteiger partial charge in [-0.15, -0.1) is 11.8 Å². The summed E-state index contributed by atoms with van der Waals surface area (Å²) in [6.07, 6.45) is 0. The molecule has 1 aromatic carbocycles. The molecule has 1 aromatic rings. The monoisotopic (exact) mass is 209 g/mol. The molecule has 3 heteroatoms. The van der Waals surface area contributed by atoms with Crippen LogP contribution in [0.25, 0.3) is 0 Å². The number of nitrogens with zero attached hydrogens (tertiary/aromatic N) is 1. The molecule has 2 rings (SSSR count). The molecule has 14 heavy (non-hydrogen) atoms. The number of aliphatic hydroxyl groups is 1. The van der Waals surface area contributed by atoms with Crippen molar-refractivity contribution in [3.63, 3.8) is 0 Å². The number of aliphatic hydroxyl groups excluding tert-OH is 1. The maximum atomic E-state index is 9.15. The average molecular weight is 209 g/mol. The van der Waals surface area contributed by atoms with E-state index in [2.05, 4.69) is 36.2 Å². The number of hydrogen-bond acceptors (Lipinski definition) is 3. The number of likely N-dealkylation sites (N-methyl/N-ethyl adjacent to an activating group) is 1. The predicted octanol–water partition coefficient (Wildman–Crippen LogP) is 1.72. The molecule has 2 atom stereocenters. The van der Waals surface area contributed by atoms with E-state index in [1.807, 2.05) is 17.8 Å². The van der Waals surface area contributed by atoms with Crippen LogP contribution in [0.15, 0.2) is 30.3 Å². The third kappa shape index (κ3) is 1.80. The summed E-state index contributed by atoms with van der Waals surface area (Å²) in [6, 6.07) is 10.8. The van der Waals surface area contributed by atoms with Gasteiger partial charge in [0.05, 0.1) is 12.0 Å². The lowest BCUT2D eigenvalue weighted by Crippen LogP contribution is -2.31. The predicted molar refractivity (Wildman–Crippen MR) is 60.3 cm³/mol. The molecule has 1 saturated heterocycles. The summed E-state index contributed by atoms with van der Waals surface area (Å²) in [6.45, 7) is 0.257. The largest absolute Gasteiger partial charge is 0.395 e.